The molecule has 1 amide bonds. The lowest BCUT2D eigenvalue weighted by Gasteiger charge is -2.14. The number of hydrogen-bond acceptors (Lipinski definition) is 4. The molecule has 0 atom stereocenters. The number of nitrogen functional groups attached to an aromatic ring is 1. The Morgan fingerprint density at radius 2 is 2.17 bits per heavy atom. The van der Waals surface area contributed by atoms with E-state index in [-0.39, 0.29) is 5.91 Å². The fraction of sp³-hybridized carbons (Fsp3) is 0.167. The van der Waals surface area contributed by atoms with Crippen molar-refractivity contribution in [2.45, 2.75) is 6.54 Å². The van der Waals surface area contributed by atoms with Crippen molar-refractivity contribution in [3.8, 4) is 0 Å². The van der Waals surface area contributed by atoms with Crippen LogP contribution in [0.3, 0.4) is 0 Å². The van der Waals surface area contributed by atoms with Gasteiger partial charge in [0.25, 0.3) is 0 Å². The van der Waals surface area contributed by atoms with Crippen molar-refractivity contribution < 1.29 is 4.79 Å². The van der Waals surface area contributed by atoms with Crippen LogP contribution in [0.2, 0.25) is 0 Å². The summed E-state index contributed by atoms with van der Waals surface area (Å²) in [6, 6.07) is 5.50. The Balaban J connectivity index is 1.72. The molecule has 0 aliphatic carbocycles. The summed E-state index contributed by atoms with van der Waals surface area (Å²) in [4.78, 5) is 22.1. The molecule has 0 bridgehead atoms. The van der Waals surface area contributed by atoms with E-state index in [0.717, 1.165) is 22.0 Å². The van der Waals surface area contributed by atoms with Gasteiger partial charge in [0.2, 0.25) is 5.91 Å². The second-order valence-electron chi connectivity index (χ2n) is 5.70. The molecule has 0 unspecified atom stereocenters. The molecular weight excluding hydrogens is 302 g/mol. The molecule has 3 heterocycles. The fourth-order valence-corrected chi connectivity index (χ4v) is 2.58. The number of aryl methyl sites for hydroxylation is 1. The Labute approximate surface area is 140 Å². The number of rotatable bonds is 4. The standard InChI is InChI=1S/C18H19N5O/c1-22-11-14(15-7-8-20-10-16(15)22)12-23(2)18(24)6-4-13-3-5-17(19)21-9-13/h3-11H,12H2,1-2H3,(H2,19,21)/b6-4+. The number of aromatic nitrogens is 3. The summed E-state index contributed by atoms with van der Waals surface area (Å²) in [5.74, 6) is 0.388. The number of pyridine rings is 2. The van der Waals surface area contributed by atoms with E-state index in [0.29, 0.717) is 12.4 Å². The van der Waals surface area contributed by atoms with Gasteiger partial charge < -0.3 is 15.2 Å². The molecule has 0 fully saturated rings. The molecule has 0 saturated carbocycles. The molecule has 0 aliphatic rings. The van der Waals surface area contributed by atoms with Gasteiger partial charge in [-0.15, -0.1) is 0 Å². The Kier molecular flexibility index (Phi) is 4.29. The third-order valence-corrected chi connectivity index (χ3v) is 3.89. The van der Waals surface area contributed by atoms with E-state index >= 15 is 0 Å². The molecule has 2 N–H and O–H groups in total. The van der Waals surface area contributed by atoms with E-state index in [1.165, 1.54) is 0 Å². The van der Waals surface area contributed by atoms with Crippen molar-refractivity contribution in [3.05, 3.63) is 60.2 Å². The lowest BCUT2D eigenvalue weighted by Crippen LogP contribution is -2.24. The fourth-order valence-electron chi connectivity index (χ4n) is 2.58. The number of nitrogens with zero attached hydrogens (tertiary/aromatic N) is 4. The summed E-state index contributed by atoms with van der Waals surface area (Å²) < 4.78 is 2.02. The van der Waals surface area contributed by atoms with Gasteiger partial charge in [-0.1, -0.05) is 0 Å². The first-order chi connectivity index (χ1) is 11.5. The molecule has 0 aliphatic heterocycles. The van der Waals surface area contributed by atoms with E-state index < -0.39 is 0 Å². The van der Waals surface area contributed by atoms with Crippen molar-refractivity contribution in [3.63, 3.8) is 0 Å². The molecule has 24 heavy (non-hydrogen) atoms. The van der Waals surface area contributed by atoms with Crippen LogP contribution in [-0.2, 0) is 18.4 Å². The summed E-state index contributed by atoms with van der Waals surface area (Å²) >= 11 is 0. The highest BCUT2D eigenvalue weighted by molar-refractivity contribution is 5.92. The average molecular weight is 321 g/mol. The molecule has 0 spiro atoms. The van der Waals surface area contributed by atoms with Gasteiger partial charge in [-0.05, 0) is 35.4 Å². The summed E-state index contributed by atoms with van der Waals surface area (Å²) in [6.07, 6.45) is 10.5. The van der Waals surface area contributed by atoms with Crippen LogP contribution in [-0.4, -0.2) is 32.4 Å². The van der Waals surface area contributed by atoms with Crippen molar-refractivity contribution >= 4 is 28.7 Å². The summed E-state index contributed by atoms with van der Waals surface area (Å²) in [5.41, 5.74) is 8.53. The lowest BCUT2D eigenvalue weighted by molar-refractivity contribution is -0.125. The molecule has 3 aromatic rings. The zero-order valence-corrected chi connectivity index (χ0v) is 13.7. The van der Waals surface area contributed by atoms with Crippen LogP contribution in [0.5, 0.6) is 0 Å². The van der Waals surface area contributed by atoms with Gasteiger partial charge in [-0.3, -0.25) is 9.78 Å². The molecule has 3 rings (SSSR count). The lowest BCUT2D eigenvalue weighted by atomic mass is 10.2. The summed E-state index contributed by atoms with van der Waals surface area (Å²) in [7, 11) is 3.76. The number of nitrogens with two attached hydrogens (primary N) is 1. The number of carbonyl (C=O) groups excluding carboxylic acids is 1. The van der Waals surface area contributed by atoms with E-state index in [2.05, 4.69) is 9.97 Å². The maximum absolute atomic E-state index is 12.3. The first-order valence-corrected chi connectivity index (χ1v) is 7.57. The van der Waals surface area contributed by atoms with Crippen LogP contribution in [0, 0.1) is 0 Å². The van der Waals surface area contributed by atoms with Gasteiger partial charge in [-0.2, -0.15) is 0 Å². The van der Waals surface area contributed by atoms with Gasteiger partial charge in [0.05, 0.1) is 11.7 Å². The van der Waals surface area contributed by atoms with Gasteiger partial charge in [0, 0.05) is 50.7 Å². The van der Waals surface area contributed by atoms with Crippen molar-refractivity contribution in [1.29, 1.82) is 0 Å². The van der Waals surface area contributed by atoms with Crippen LogP contribution in [0.25, 0.3) is 17.0 Å². The maximum Gasteiger partial charge on any atom is 0.246 e. The molecule has 122 valence electrons. The average Bonchev–Trinajstić information content (AvgIpc) is 2.90. The van der Waals surface area contributed by atoms with Crippen LogP contribution in [0.15, 0.2) is 49.1 Å². The Hall–Kier alpha value is -3.15. The zero-order chi connectivity index (χ0) is 17.1. The van der Waals surface area contributed by atoms with E-state index in [9.17, 15) is 4.79 Å². The van der Waals surface area contributed by atoms with Gasteiger partial charge >= 0.3 is 0 Å². The number of amides is 1. The molecule has 6 heteroatoms. The molecule has 0 saturated heterocycles. The predicted octanol–water partition coefficient (Wildman–Crippen LogP) is 2.22. The SMILES string of the molecule is CN(Cc1cn(C)c2cnccc12)C(=O)/C=C/c1ccc(N)nc1. The monoisotopic (exact) mass is 321 g/mol. The van der Waals surface area contributed by atoms with Crippen molar-refractivity contribution in [2.24, 2.45) is 7.05 Å². The quantitative estimate of drug-likeness (QED) is 0.748. The molecule has 3 aromatic heterocycles. The van der Waals surface area contributed by atoms with Gasteiger partial charge in [0.15, 0.2) is 0 Å². The van der Waals surface area contributed by atoms with Crippen LogP contribution >= 0.6 is 0 Å². The first kappa shape index (κ1) is 15.7. The predicted molar refractivity (Wildman–Crippen MR) is 94.9 cm³/mol. The minimum absolute atomic E-state index is 0.0714. The van der Waals surface area contributed by atoms with Crippen LogP contribution in [0.4, 0.5) is 5.82 Å². The first-order valence-electron chi connectivity index (χ1n) is 7.57. The molecular formula is C18H19N5O. The Bertz CT molecular complexity index is 895. The topological polar surface area (TPSA) is 77.0 Å². The minimum Gasteiger partial charge on any atom is -0.384 e. The van der Waals surface area contributed by atoms with Crippen molar-refractivity contribution in [2.75, 3.05) is 12.8 Å². The highest BCUT2D eigenvalue weighted by Crippen LogP contribution is 2.20. The maximum atomic E-state index is 12.3. The van der Waals surface area contributed by atoms with Gasteiger partial charge in [-0.25, -0.2) is 4.98 Å². The Morgan fingerprint density at radius 1 is 1.33 bits per heavy atom. The second kappa shape index (κ2) is 6.54. The molecule has 0 radical (unpaired) electrons. The van der Waals surface area contributed by atoms with Crippen LogP contribution < -0.4 is 5.73 Å². The smallest absolute Gasteiger partial charge is 0.246 e. The van der Waals surface area contributed by atoms with E-state index in [1.807, 2.05) is 36.1 Å². The third kappa shape index (κ3) is 3.27. The highest BCUT2D eigenvalue weighted by atomic mass is 16.2. The number of anilines is 1. The third-order valence-electron chi connectivity index (χ3n) is 3.89. The molecule has 0 aromatic carbocycles. The minimum atomic E-state index is -0.0714. The number of likely N-dealkylation sites (N-methyl/N-ethyl adjacent to an activating group) is 1. The van der Waals surface area contributed by atoms with E-state index in [4.69, 9.17) is 5.73 Å². The van der Waals surface area contributed by atoms with E-state index in [1.54, 1.807) is 42.6 Å². The number of carbonyl (C=O) groups is 1. The number of hydrogen-bond donors (Lipinski definition) is 1. The summed E-state index contributed by atoms with van der Waals surface area (Å²) in [5, 5.41) is 1.11. The normalized spacial score (nSPS) is 11.2. The largest absolute Gasteiger partial charge is 0.384 e. The Morgan fingerprint density at radius 3 is 2.92 bits per heavy atom. The van der Waals surface area contributed by atoms with Gasteiger partial charge in [0.1, 0.15) is 5.82 Å². The second-order valence-corrected chi connectivity index (χ2v) is 5.70. The van der Waals surface area contributed by atoms with Crippen LogP contribution in [0.1, 0.15) is 11.1 Å². The van der Waals surface area contributed by atoms with Crippen molar-refractivity contribution in [1.82, 2.24) is 19.4 Å². The highest BCUT2D eigenvalue weighted by Gasteiger charge is 2.11. The number of fused-ring (bicyclic) bond motifs is 1. The molecule has 6 nitrogen and oxygen atoms in total. The zero-order valence-electron chi connectivity index (χ0n) is 13.7. The summed E-state index contributed by atoms with van der Waals surface area (Å²) in [6.45, 7) is 0.532.